The lowest BCUT2D eigenvalue weighted by molar-refractivity contribution is -0.142. The fourth-order valence-electron chi connectivity index (χ4n) is 5.28. The van der Waals surface area contributed by atoms with E-state index in [4.69, 9.17) is 4.74 Å². The van der Waals surface area contributed by atoms with Crippen molar-refractivity contribution in [2.45, 2.75) is 51.5 Å². The first-order valence-corrected chi connectivity index (χ1v) is 10.5. The Labute approximate surface area is 163 Å². The van der Waals surface area contributed by atoms with Crippen LogP contribution in [0, 0.1) is 5.41 Å². The molecule has 0 saturated carbocycles. The predicted octanol–water partition coefficient (Wildman–Crippen LogP) is 4.97. The molecule has 0 aliphatic carbocycles. The number of aromatic nitrogens is 1. The number of rotatable bonds is 4. The number of aromatic amines is 1. The number of piperidine rings is 1. The number of methoxy groups -OCH3 is 1. The lowest BCUT2D eigenvalue weighted by Gasteiger charge is -2.52. The van der Waals surface area contributed by atoms with Crippen LogP contribution in [0.1, 0.15) is 56.3 Å². The third-order valence-electron chi connectivity index (χ3n) is 6.65. The number of hydrogen-bond donors (Lipinski definition) is 1. The highest BCUT2D eigenvalue weighted by atomic mass is 79.9. The standard InChI is InChI=1S/C21H27BrN2O2/c1-3-21(10-7-18(25)26-2)9-4-11-24-12-8-15-16-13-14(22)5-6-17(16)23-19(15)20(21)24/h5-6,13,20,23H,3-4,7-12H2,1-2H3/t20-,21?/m1/s1. The molecule has 3 heterocycles. The molecule has 2 atom stereocenters. The average molecular weight is 419 g/mol. The molecule has 1 unspecified atom stereocenters. The number of benzene rings is 1. The van der Waals surface area contributed by atoms with Crippen LogP contribution in [-0.4, -0.2) is 36.1 Å². The summed E-state index contributed by atoms with van der Waals surface area (Å²) in [6.45, 7) is 4.55. The Balaban J connectivity index is 1.78. The van der Waals surface area contributed by atoms with Crippen LogP contribution in [0.25, 0.3) is 10.9 Å². The lowest BCUT2D eigenvalue weighted by atomic mass is 9.65. The molecule has 140 valence electrons. The summed E-state index contributed by atoms with van der Waals surface area (Å²) in [5, 5.41) is 1.34. The second kappa shape index (κ2) is 7.01. The van der Waals surface area contributed by atoms with Gasteiger partial charge in [0.1, 0.15) is 0 Å². The first-order chi connectivity index (χ1) is 12.6. The number of ether oxygens (including phenoxy) is 1. The lowest BCUT2D eigenvalue weighted by Crippen LogP contribution is -2.49. The Hall–Kier alpha value is -1.33. The van der Waals surface area contributed by atoms with Gasteiger partial charge in [0, 0.05) is 34.0 Å². The number of fused-ring (bicyclic) bond motifs is 5. The minimum Gasteiger partial charge on any atom is -0.469 e. The molecule has 0 spiro atoms. The van der Waals surface area contributed by atoms with E-state index in [2.05, 4.69) is 50.9 Å². The highest BCUT2D eigenvalue weighted by molar-refractivity contribution is 9.10. The van der Waals surface area contributed by atoms with Gasteiger partial charge in [-0.1, -0.05) is 22.9 Å². The quantitative estimate of drug-likeness (QED) is 0.712. The second-order valence-corrected chi connectivity index (χ2v) is 8.71. The molecule has 1 N–H and O–H groups in total. The number of nitrogens with one attached hydrogen (secondary N) is 1. The molecule has 4 rings (SSSR count). The molecule has 4 nitrogen and oxygen atoms in total. The number of esters is 1. The molecule has 5 heteroatoms. The minimum absolute atomic E-state index is 0.0911. The van der Waals surface area contributed by atoms with Crippen LogP contribution in [0.2, 0.25) is 0 Å². The largest absolute Gasteiger partial charge is 0.469 e. The van der Waals surface area contributed by atoms with E-state index in [1.165, 1.54) is 42.1 Å². The third-order valence-corrected chi connectivity index (χ3v) is 7.14. The number of nitrogens with zero attached hydrogens (tertiary/aromatic N) is 1. The van der Waals surface area contributed by atoms with E-state index in [-0.39, 0.29) is 11.4 Å². The molecule has 1 aromatic carbocycles. The molecule has 1 saturated heterocycles. The zero-order valence-corrected chi connectivity index (χ0v) is 17.2. The molecule has 0 radical (unpaired) electrons. The Morgan fingerprint density at radius 3 is 3.04 bits per heavy atom. The van der Waals surface area contributed by atoms with Gasteiger partial charge in [0.05, 0.1) is 13.2 Å². The topological polar surface area (TPSA) is 45.3 Å². The molecule has 2 aromatic rings. The summed E-state index contributed by atoms with van der Waals surface area (Å²) < 4.78 is 6.06. The van der Waals surface area contributed by atoms with E-state index in [1.54, 1.807) is 0 Å². The maximum absolute atomic E-state index is 11.8. The summed E-state index contributed by atoms with van der Waals surface area (Å²) in [5.41, 5.74) is 4.22. The fourth-order valence-corrected chi connectivity index (χ4v) is 5.64. The van der Waals surface area contributed by atoms with Gasteiger partial charge >= 0.3 is 5.97 Å². The van der Waals surface area contributed by atoms with Gasteiger partial charge in [0.25, 0.3) is 0 Å². The maximum atomic E-state index is 11.8. The van der Waals surface area contributed by atoms with E-state index in [9.17, 15) is 4.79 Å². The zero-order valence-electron chi connectivity index (χ0n) is 15.6. The van der Waals surface area contributed by atoms with Crippen LogP contribution in [0.15, 0.2) is 22.7 Å². The van der Waals surface area contributed by atoms with Crippen LogP contribution in [0.4, 0.5) is 0 Å². The Morgan fingerprint density at radius 1 is 1.42 bits per heavy atom. The van der Waals surface area contributed by atoms with Crippen molar-refractivity contribution < 1.29 is 9.53 Å². The SMILES string of the molecule is CCC1(CCC(=O)OC)CCCN2CCc3c([nH]c4ccc(Br)cc34)[C@@H]21. The van der Waals surface area contributed by atoms with Gasteiger partial charge in [-0.3, -0.25) is 9.69 Å². The van der Waals surface area contributed by atoms with Gasteiger partial charge in [-0.05, 0) is 67.8 Å². The van der Waals surface area contributed by atoms with Crippen molar-refractivity contribution in [1.82, 2.24) is 9.88 Å². The molecule has 1 fully saturated rings. The van der Waals surface area contributed by atoms with E-state index >= 15 is 0 Å². The number of hydrogen-bond acceptors (Lipinski definition) is 3. The number of carbonyl (C=O) groups excluding carboxylic acids is 1. The van der Waals surface area contributed by atoms with Crippen LogP contribution in [0.3, 0.4) is 0 Å². The van der Waals surface area contributed by atoms with E-state index < -0.39 is 0 Å². The predicted molar refractivity (Wildman–Crippen MR) is 107 cm³/mol. The van der Waals surface area contributed by atoms with Crippen molar-refractivity contribution in [3.05, 3.63) is 33.9 Å². The number of carbonyl (C=O) groups is 1. The molecule has 2 aliphatic rings. The van der Waals surface area contributed by atoms with Crippen LogP contribution < -0.4 is 0 Å². The fraction of sp³-hybridized carbons (Fsp3) is 0.571. The second-order valence-electron chi connectivity index (χ2n) is 7.79. The van der Waals surface area contributed by atoms with Crippen molar-refractivity contribution in [2.24, 2.45) is 5.41 Å². The van der Waals surface area contributed by atoms with Crippen molar-refractivity contribution in [2.75, 3.05) is 20.2 Å². The minimum atomic E-state index is -0.0911. The van der Waals surface area contributed by atoms with Crippen molar-refractivity contribution in [3.8, 4) is 0 Å². The first-order valence-electron chi connectivity index (χ1n) is 9.69. The molecule has 0 amide bonds. The first kappa shape index (κ1) is 18.1. The summed E-state index contributed by atoms with van der Waals surface area (Å²) >= 11 is 3.62. The van der Waals surface area contributed by atoms with Crippen molar-refractivity contribution in [1.29, 1.82) is 0 Å². The van der Waals surface area contributed by atoms with Gasteiger partial charge in [-0.2, -0.15) is 0 Å². The number of halogens is 1. The highest BCUT2D eigenvalue weighted by Gasteiger charge is 2.47. The van der Waals surface area contributed by atoms with Gasteiger partial charge < -0.3 is 9.72 Å². The molecular formula is C21H27BrN2O2. The third kappa shape index (κ3) is 2.89. The summed E-state index contributed by atoms with van der Waals surface area (Å²) in [4.78, 5) is 18.3. The summed E-state index contributed by atoms with van der Waals surface area (Å²) in [6.07, 6.45) is 5.99. The van der Waals surface area contributed by atoms with Crippen LogP contribution >= 0.6 is 15.9 Å². The molecule has 1 aromatic heterocycles. The number of H-pyrrole nitrogens is 1. The van der Waals surface area contributed by atoms with E-state index in [0.717, 1.165) is 36.8 Å². The van der Waals surface area contributed by atoms with Gasteiger partial charge in [0.2, 0.25) is 0 Å². The van der Waals surface area contributed by atoms with Crippen molar-refractivity contribution in [3.63, 3.8) is 0 Å². The zero-order chi connectivity index (χ0) is 18.3. The van der Waals surface area contributed by atoms with E-state index in [0.29, 0.717) is 12.5 Å². The normalized spacial score (nSPS) is 25.7. The monoisotopic (exact) mass is 418 g/mol. The summed E-state index contributed by atoms with van der Waals surface area (Å²) in [6, 6.07) is 6.90. The summed E-state index contributed by atoms with van der Waals surface area (Å²) in [5.74, 6) is -0.0911. The van der Waals surface area contributed by atoms with E-state index in [1.807, 2.05) is 0 Å². The highest BCUT2D eigenvalue weighted by Crippen LogP contribution is 2.53. The molecular weight excluding hydrogens is 392 g/mol. The Morgan fingerprint density at radius 2 is 2.27 bits per heavy atom. The van der Waals surface area contributed by atoms with Crippen molar-refractivity contribution >= 4 is 32.8 Å². The van der Waals surface area contributed by atoms with Crippen LogP contribution in [-0.2, 0) is 16.0 Å². The smallest absolute Gasteiger partial charge is 0.305 e. The maximum Gasteiger partial charge on any atom is 0.305 e. The Kier molecular flexibility index (Phi) is 4.86. The van der Waals surface area contributed by atoms with Gasteiger partial charge in [-0.15, -0.1) is 0 Å². The average Bonchev–Trinajstić information content (AvgIpc) is 3.03. The molecule has 26 heavy (non-hydrogen) atoms. The van der Waals surface area contributed by atoms with Crippen LogP contribution in [0.5, 0.6) is 0 Å². The van der Waals surface area contributed by atoms with Gasteiger partial charge in [-0.25, -0.2) is 0 Å². The molecule has 2 aliphatic heterocycles. The Bertz CT molecular complexity index is 831. The summed E-state index contributed by atoms with van der Waals surface area (Å²) in [7, 11) is 1.49. The molecule has 0 bridgehead atoms. The van der Waals surface area contributed by atoms with Gasteiger partial charge in [0.15, 0.2) is 0 Å².